The summed E-state index contributed by atoms with van der Waals surface area (Å²) in [5, 5.41) is 14.2. The van der Waals surface area contributed by atoms with Gasteiger partial charge >= 0.3 is 6.03 Å². The molecule has 0 fully saturated rings. The normalized spacial score (nSPS) is 12.2. The average Bonchev–Trinajstić information content (AvgIpc) is 2.76. The maximum absolute atomic E-state index is 13.4. The van der Waals surface area contributed by atoms with Crippen LogP contribution >= 0.6 is 0 Å². The van der Waals surface area contributed by atoms with E-state index < -0.39 is 12.0 Å². The highest BCUT2D eigenvalue weighted by Gasteiger charge is 2.25. The Labute approximate surface area is 205 Å². The summed E-state index contributed by atoms with van der Waals surface area (Å²) >= 11 is 0. The molecule has 0 radical (unpaired) electrons. The van der Waals surface area contributed by atoms with Crippen LogP contribution in [0.25, 0.3) is 0 Å². The number of hydrogen-bond acceptors (Lipinski definition) is 3. The van der Waals surface area contributed by atoms with Crippen molar-refractivity contribution >= 4 is 23.4 Å². The van der Waals surface area contributed by atoms with E-state index in [-0.39, 0.29) is 12.5 Å². The van der Waals surface area contributed by atoms with Crippen LogP contribution in [0.1, 0.15) is 57.4 Å². The number of carboxylic acids is 1. The summed E-state index contributed by atoms with van der Waals surface area (Å²) in [6, 6.07) is 16.6. The lowest BCUT2D eigenvalue weighted by molar-refractivity contribution is -0.871. The van der Waals surface area contributed by atoms with E-state index in [1.807, 2.05) is 63.6 Å². The average molecular weight is 468 g/mol. The van der Waals surface area contributed by atoms with Gasteiger partial charge in [-0.25, -0.2) is 4.79 Å². The Bertz CT molecular complexity index is 876. The molecule has 6 heteroatoms. The molecule has 1 N–H and O–H groups in total. The second kappa shape index (κ2) is 13.8. The number of nitrogens with one attached hydrogen (secondary N) is 1. The van der Waals surface area contributed by atoms with Gasteiger partial charge in [0.25, 0.3) is 0 Å². The van der Waals surface area contributed by atoms with E-state index in [4.69, 9.17) is 0 Å². The molecule has 0 saturated carbocycles. The number of aliphatic carboxylic acids is 1. The summed E-state index contributed by atoms with van der Waals surface area (Å²) in [6.45, 7) is 2.70. The number of hydrogen-bond donors (Lipinski definition) is 1. The molecule has 6 nitrogen and oxygen atoms in total. The molecule has 2 amide bonds. The number of nitrogens with zero attached hydrogens (tertiary/aromatic N) is 2. The highest BCUT2D eigenvalue weighted by Crippen LogP contribution is 2.26. The zero-order chi connectivity index (χ0) is 25.0. The standard InChI is InChI=1S/C28H41N3O3/c1-5-6-7-8-9-11-14-23-17-19-26(20-18-23)30(25-15-12-10-13-16-25)28(34)29-24(21-27(32)33)22-31(2,3)4/h10,12-13,15-20,24H,5-9,11,14,21-22H2,1-4H3,(H-,29,32,33,34). The largest absolute Gasteiger partial charge is 0.550 e. The fourth-order valence-corrected chi connectivity index (χ4v) is 4.14. The van der Waals surface area contributed by atoms with Crippen molar-refractivity contribution in [3.63, 3.8) is 0 Å². The molecule has 186 valence electrons. The van der Waals surface area contributed by atoms with Crippen LogP contribution in [0.2, 0.25) is 0 Å². The van der Waals surface area contributed by atoms with Crippen LogP contribution in [0.5, 0.6) is 0 Å². The van der Waals surface area contributed by atoms with Crippen molar-refractivity contribution in [3.8, 4) is 0 Å². The van der Waals surface area contributed by atoms with Crippen LogP contribution in [0.15, 0.2) is 54.6 Å². The summed E-state index contributed by atoms with van der Waals surface area (Å²) < 4.78 is 0.525. The van der Waals surface area contributed by atoms with E-state index in [0.29, 0.717) is 11.0 Å². The Balaban J connectivity index is 2.15. The van der Waals surface area contributed by atoms with E-state index in [9.17, 15) is 14.7 Å². The van der Waals surface area contributed by atoms with Gasteiger partial charge in [0.15, 0.2) is 0 Å². The van der Waals surface area contributed by atoms with Crippen LogP contribution < -0.4 is 15.3 Å². The Morgan fingerprint density at radius 2 is 1.47 bits per heavy atom. The van der Waals surface area contributed by atoms with E-state index in [0.717, 1.165) is 17.8 Å². The first kappa shape index (κ1) is 27.4. The third kappa shape index (κ3) is 9.96. The molecule has 0 aliphatic carbocycles. The molecule has 0 saturated heterocycles. The van der Waals surface area contributed by atoms with Gasteiger partial charge < -0.3 is 19.7 Å². The van der Waals surface area contributed by atoms with Gasteiger partial charge in [0.05, 0.1) is 45.1 Å². The summed E-state index contributed by atoms with van der Waals surface area (Å²) in [5.74, 6) is -1.18. The Morgan fingerprint density at radius 1 is 0.882 bits per heavy atom. The van der Waals surface area contributed by atoms with Gasteiger partial charge in [-0.3, -0.25) is 4.90 Å². The first-order valence-corrected chi connectivity index (χ1v) is 12.4. The first-order valence-electron chi connectivity index (χ1n) is 12.4. The number of anilines is 2. The van der Waals surface area contributed by atoms with Gasteiger partial charge in [0, 0.05) is 12.4 Å². The van der Waals surface area contributed by atoms with Crippen molar-refractivity contribution in [2.45, 2.75) is 64.3 Å². The number of carbonyl (C=O) groups is 2. The molecule has 0 aromatic heterocycles. The van der Waals surface area contributed by atoms with Crippen LogP contribution in [0.3, 0.4) is 0 Å². The summed E-state index contributed by atoms with van der Waals surface area (Å²) in [4.78, 5) is 26.3. The summed E-state index contributed by atoms with van der Waals surface area (Å²) in [5.41, 5.74) is 2.72. The molecule has 2 aromatic carbocycles. The van der Waals surface area contributed by atoms with E-state index in [2.05, 4.69) is 24.4 Å². The molecule has 2 aromatic rings. The van der Waals surface area contributed by atoms with Crippen molar-refractivity contribution in [2.24, 2.45) is 0 Å². The van der Waals surface area contributed by atoms with Gasteiger partial charge in [-0.1, -0.05) is 69.4 Å². The van der Waals surface area contributed by atoms with Crippen LogP contribution in [-0.2, 0) is 11.2 Å². The molecule has 0 heterocycles. The molecule has 34 heavy (non-hydrogen) atoms. The van der Waals surface area contributed by atoms with Crippen molar-refractivity contribution in [1.29, 1.82) is 0 Å². The van der Waals surface area contributed by atoms with E-state index in [1.54, 1.807) is 4.90 Å². The highest BCUT2D eigenvalue weighted by molar-refractivity contribution is 5.99. The molecule has 1 atom stereocenters. The lowest BCUT2D eigenvalue weighted by atomic mass is 10.0. The number of likely N-dealkylation sites (N-methyl/N-ethyl adjacent to an activating group) is 1. The number of para-hydroxylation sites is 1. The topological polar surface area (TPSA) is 72.5 Å². The molecule has 1 unspecified atom stereocenters. The zero-order valence-electron chi connectivity index (χ0n) is 21.3. The molecule has 0 bridgehead atoms. The number of carboxylic acid groups (broad SMARTS) is 1. The smallest absolute Gasteiger partial charge is 0.326 e. The van der Waals surface area contributed by atoms with Crippen LogP contribution in [-0.4, -0.2) is 50.2 Å². The minimum absolute atomic E-state index is 0.235. The third-order valence-electron chi connectivity index (χ3n) is 5.74. The third-order valence-corrected chi connectivity index (χ3v) is 5.74. The number of quaternary nitrogens is 1. The van der Waals surface area contributed by atoms with E-state index in [1.165, 1.54) is 44.1 Å². The zero-order valence-corrected chi connectivity index (χ0v) is 21.3. The molecule has 2 rings (SSSR count). The van der Waals surface area contributed by atoms with Crippen molar-refractivity contribution < 1.29 is 19.2 Å². The predicted molar refractivity (Wildman–Crippen MR) is 137 cm³/mol. The number of benzene rings is 2. The van der Waals surface area contributed by atoms with Gasteiger partial charge in [-0.05, 0) is 42.7 Å². The minimum atomic E-state index is -1.18. The van der Waals surface area contributed by atoms with Crippen molar-refractivity contribution in [1.82, 2.24) is 5.32 Å². The second-order valence-corrected chi connectivity index (χ2v) is 10.1. The number of unbranched alkanes of at least 4 members (excludes halogenated alkanes) is 5. The van der Waals surface area contributed by atoms with Gasteiger partial charge in [0.1, 0.15) is 0 Å². The number of amides is 2. The minimum Gasteiger partial charge on any atom is -0.550 e. The van der Waals surface area contributed by atoms with E-state index >= 15 is 0 Å². The Hall–Kier alpha value is -2.86. The SMILES string of the molecule is CCCCCCCCc1ccc(N(C(=O)NC(CC(=O)[O-])C[N+](C)(C)C)c2ccccc2)cc1. The maximum atomic E-state index is 13.4. The summed E-state index contributed by atoms with van der Waals surface area (Å²) in [7, 11) is 5.89. The van der Waals surface area contributed by atoms with Crippen molar-refractivity contribution in [3.05, 3.63) is 60.2 Å². The molecular weight excluding hydrogens is 426 g/mol. The van der Waals surface area contributed by atoms with Gasteiger partial charge in [-0.2, -0.15) is 0 Å². The Morgan fingerprint density at radius 3 is 2.06 bits per heavy atom. The van der Waals surface area contributed by atoms with Crippen molar-refractivity contribution in [2.75, 3.05) is 32.6 Å². The molecule has 0 spiro atoms. The maximum Gasteiger partial charge on any atom is 0.326 e. The monoisotopic (exact) mass is 467 g/mol. The lowest BCUT2D eigenvalue weighted by Crippen LogP contribution is -2.53. The number of urea groups is 1. The second-order valence-electron chi connectivity index (χ2n) is 10.1. The lowest BCUT2D eigenvalue weighted by Gasteiger charge is -2.32. The quantitative estimate of drug-likeness (QED) is 0.325. The fraction of sp³-hybridized carbons (Fsp3) is 0.500. The molecule has 0 aliphatic heterocycles. The van der Waals surface area contributed by atoms with Gasteiger partial charge in [-0.15, -0.1) is 0 Å². The predicted octanol–water partition coefficient (Wildman–Crippen LogP) is 4.65. The number of aryl methyl sites for hydroxylation is 1. The Kier molecular flexibility index (Phi) is 11.1. The number of carbonyl (C=O) groups excluding carboxylic acids is 2. The van der Waals surface area contributed by atoms with Crippen LogP contribution in [0, 0.1) is 0 Å². The molecule has 0 aliphatic rings. The number of rotatable bonds is 14. The molecular formula is C28H41N3O3. The highest BCUT2D eigenvalue weighted by atomic mass is 16.4. The first-order chi connectivity index (χ1) is 16.2. The van der Waals surface area contributed by atoms with Crippen LogP contribution in [0.4, 0.5) is 16.2 Å². The van der Waals surface area contributed by atoms with Gasteiger partial charge in [0.2, 0.25) is 0 Å². The summed E-state index contributed by atoms with van der Waals surface area (Å²) in [6.07, 6.45) is 8.37. The fourth-order valence-electron chi connectivity index (χ4n) is 4.14.